The van der Waals surface area contributed by atoms with Gasteiger partial charge in [0.25, 0.3) is 0 Å². The molecule has 1 aliphatic rings. The predicted octanol–water partition coefficient (Wildman–Crippen LogP) is 3.93. The zero-order valence-corrected chi connectivity index (χ0v) is 11.9. The highest BCUT2D eigenvalue weighted by atomic mass is 79.9. The Balaban J connectivity index is 2.14. The minimum absolute atomic E-state index is 0.337. The molecular formula is C14H19BrO2. The molecule has 0 spiro atoms. The van der Waals surface area contributed by atoms with Crippen LogP contribution in [-0.4, -0.2) is 11.7 Å². The first-order chi connectivity index (χ1) is 8.13. The molecule has 0 heterocycles. The molecule has 3 heteroatoms. The average Bonchev–Trinajstić information content (AvgIpc) is 3.12. The molecule has 1 N–H and O–H groups in total. The summed E-state index contributed by atoms with van der Waals surface area (Å²) < 4.78 is 6.36. The van der Waals surface area contributed by atoms with Gasteiger partial charge in [-0.1, -0.05) is 28.9 Å². The highest BCUT2D eigenvalue weighted by Crippen LogP contribution is 2.44. The van der Waals surface area contributed by atoms with Crippen molar-refractivity contribution in [3.05, 3.63) is 28.2 Å². The molecule has 17 heavy (non-hydrogen) atoms. The van der Waals surface area contributed by atoms with Gasteiger partial charge in [-0.3, -0.25) is 0 Å². The number of aliphatic hydroxyl groups excluding tert-OH is 1. The number of halogens is 1. The van der Waals surface area contributed by atoms with Gasteiger partial charge in [-0.05, 0) is 49.3 Å². The van der Waals surface area contributed by atoms with E-state index in [1.165, 1.54) is 12.8 Å². The van der Waals surface area contributed by atoms with Gasteiger partial charge in [-0.15, -0.1) is 0 Å². The Morgan fingerprint density at radius 2 is 2.18 bits per heavy atom. The lowest BCUT2D eigenvalue weighted by Gasteiger charge is -2.20. The van der Waals surface area contributed by atoms with Crippen molar-refractivity contribution in [2.45, 2.75) is 32.8 Å². The van der Waals surface area contributed by atoms with Crippen LogP contribution in [0.25, 0.3) is 0 Å². The van der Waals surface area contributed by atoms with Gasteiger partial charge in [0.1, 0.15) is 5.75 Å². The molecule has 0 radical (unpaired) electrons. The van der Waals surface area contributed by atoms with Crippen LogP contribution in [0, 0.1) is 11.8 Å². The fourth-order valence-electron chi connectivity index (χ4n) is 2.17. The van der Waals surface area contributed by atoms with Gasteiger partial charge in [-0.25, -0.2) is 0 Å². The minimum Gasteiger partial charge on any atom is -0.494 e. The Labute approximate surface area is 111 Å². The summed E-state index contributed by atoms with van der Waals surface area (Å²) in [6.45, 7) is 4.75. The van der Waals surface area contributed by atoms with Crippen molar-refractivity contribution in [1.29, 1.82) is 0 Å². The van der Waals surface area contributed by atoms with Crippen LogP contribution >= 0.6 is 15.9 Å². The second-order valence-electron chi connectivity index (χ2n) is 4.76. The third-order valence-corrected chi connectivity index (χ3v) is 4.15. The summed E-state index contributed by atoms with van der Waals surface area (Å²) in [4.78, 5) is 0. The molecule has 0 aromatic heterocycles. The van der Waals surface area contributed by atoms with Crippen molar-refractivity contribution in [3.8, 4) is 5.75 Å². The highest BCUT2D eigenvalue weighted by molar-refractivity contribution is 9.10. The van der Waals surface area contributed by atoms with Gasteiger partial charge < -0.3 is 9.84 Å². The summed E-state index contributed by atoms with van der Waals surface area (Å²) in [5.41, 5.74) is 0.966. The summed E-state index contributed by atoms with van der Waals surface area (Å²) in [7, 11) is 0. The van der Waals surface area contributed by atoms with E-state index in [9.17, 15) is 5.11 Å². The lowest BCUT2D eigenvalue weighted by molar-refractivity contribution is 0.105. The summed E-state index contributed by atoms with van der Waals surface area (Å²) in [6, 6.07) is 5.81. The standard InChI is InChI=1S/C14H19BrO2/c1-3-17-11-6-7-12(13(15)8-11)14(16)9(2)10-4-5-10/h6-10,14,16H,3-5H2,1-2H3. The lowest BCUT2D eigenvalue weighted by atomic mass is 9.93. The monoisotopic (exact) mass is 298 g/mol. The molecule has 0 aliphatic heterocycles. The van der Waals surface area contributed by atoms with E-state index in [1.54, 1.807) is 0 Å². The molecule has 2 unspecified atom stereocenters. The number of rotatable bonds is 5. The molecule has 1 aromatic carbocycles. The number of ether oxygens (including phenoxy) is 1. The van der Waals surface area contributed by atoms with Gasteiger partial charge >= 0.3 is 0 Å². The van der Waals surface area contributed by atoms with Crippen molar-refractivity contribution in [1.82, 2.24) is 0 Å². The number of aliphatic hydroxyl groups is 1. The fourth-order valence-corrected chi connectivity index (χ4v) is 2.76. The third kappa shape index (κ3) is 3.02. The van der Waals surface area contributed by atoms with Crippen LogP contribution in [0.15, 0.2) is 22.7 Å². The van der Waals surface area contributed by atoms with Crippen LogP contribution in [-0.2, 0) is 0 Å². The maximum absolute atomic E-state index is 10.3. The van der Waals surface area contributed by atoms with Gasteiger partial charge in [0.05, 0.1) is 12.7 Å². The largest absolute Gasteiger partial charge is 0.494 e. The highest BCUT2D eigenvalue weighted by Gasteiger charge is 2.33. The van der Waals surface area contributed by atoms with Crippen molar-refractivity contribution >= 4 is 15.9 Å². The molecule has 1 aromatic rings. The van der Waals surface area contributed by atoms with Crippen LogP contribution in [0.5, 0.6) is 5.75 Å². The number of hydrogen-bond acceptors (Lipinski definition) is 2. The van der Waals surface area contributed by atoms with Gasteiger partial charge in [0.2, 0.25) is 0 Å². The van der Waals surface area contributed by atoms with E-state index in [0.717, 1.165) is 15.8 Å². The Morgan fingerprint density at radius 1 is 1.47 bits per heavy atom. The van der Waals surface area contributed by atoms with Gasteiger partial charge in [-0.2, -0.15) is 0 Å². The molecule has 1 saturated carbocycles. The first-order valence-electron chi connectivity index (χ1n) is 6.23. The average molecular weight is 299 g/mol. The van der Waals surface area contributed by atoms with Crippen molar-refractivity contribution in [3.63, 3.8) is 0 Å². The smallest absolute Gasteiger partial charge is 0.120 e. The van der Waals surface area contributed by atoms with Crippen LogP contribution in [0.4, 0.5) is 0 Å². The SMILES string of the molecule is CCOc1ccc(C(O)C(C)C2CC2)c(Br)c1. The zero-order valence-electron chi connectivity index (χ0n) is 10.3. The molecule has 2 nitrogen and oxygen atoms in total. The van der Waals surface area contributed by atoms with Crippen molar-refractivity contribution < 1.29 is 9.84 Å². The second kappa shape index (κ2) is 5.40. The Morgan fingerprint density at radius 3 is 2.71 bits per heavy atom. The van der Waals surface area contributed by atoms with Crippen LogP contribution in [0.2, 0.25) is 0 Å². The maximum Gasteiger partial charge on any atom is 0.120 e. The summed E-state index contributed by atoms with van der Waals surface area (Å²) >= 11 is 3.52. The third-order valence-electron chi connectivity index (χ3n) is 3.47. The Hall–Kier alpha value is -0.540. The first kappa shape index (κ1) is 12.9. The molecule has 0 saturated heterocycles. The lowest BCUT2D eigenvalue weighted by Crippen LogP contribution is -2.11. The second-order valence-corrected chi connectivity index (χ2v) is 5.61. The number of hydrogen-bond donors (Lipinski definition) is 1. The van der Waals surface area contributed by atoms with E-state index in [1.807, 2.05) is 25.1 Å². The normalized spacial score (nSPS) is 18.8. The molecule has 0 bridgehead atoms. The van der Waals surface area contributed by atoms with E-state index < -0.39 is 0 Å². The van der Waals surface area contributed by atoms with E-state index >= 15 is 0 Å². The van der Waals surface area contributed by atoms with Crippen LogP contribution < -0.4 is 4.74 Å². The summed E-state index contributed by atoms with van der Waals surface area (Å²) in [5.74, 6) is 1.88. The molecule has 1 aliphatic carbocycles. The number of benzene rings is 1. The molecule has 94 valence electrons. The van der Waals surface area contributed by atoms with E-state index in [-0.39, 0.29) is 6.10 Å². The fraction of sp³-hybridized carbons (Fsp3) is 0.571. The first-order valence-corrected chi connectivity index (χ1v) is 7.03. The van der Waals surface area contributed by atoms with E-state index in [2.05, 4.69) is 22.9 Å². The molecule has 2 rings (SSSR count). The molecule has 0 amide bonds. The summed E-state index contributed by atoms with van der Waals surface area (Å²) in [5, 5.41) is 10.3. The molecule has 1 fully saturated rings. The predicted molar refractivity (Wildman–Crippen MR) is 72.2 cm³/mol. The molecular weight excluding hydrogens is 280 g/mol. The Kier molecular flexibility index (Phi) is 4.10. The Bertz CT molecular complexity index is 388. The van der Waals surface area contributed by atoms with Crippen molar-refractivity contribution in [2.24, 2.45) is 11.8 Å². The molecule has 2 atom stereocenters. The van der Waals surface area contributed by atoms with E-state index in [0.29, 0.717) is 18.4 Å². The topological polar surface area (TPSA) is 29.5 Å². The van der Waals surface area contributed by atoms with Crippen LogP contribution in [0.1, 0.15) is 38.4 Å². The van der Waals surface area contributed by atoms with E-state index in [4.69, 9.17) is 4.74 Å². The zero-order chi connectivity index (χ0) is 12.4. The van der Waals surface area contributed by atoms with Gasteiger partial charge in [0.15, 0.2) is 0 Å². The van der Waals surface area contributed by atoms with Crippen molar-refractivity contribution in [2.75, 3.05) is 6.61 Å². The minimum atomic E-state index is -0.382. The van der Waals surface area contributed by atoms with Gasteiger partial charge in [0, 0.05) is 4.47 Å². The van der Waals surface area contributed by atoms with Crippen LogP contribution in [0.3, 0.4) is 0 Å². The summed E-state index contributed by atoms with van der Waals surface area (Å²) in [6.07, 6.45) is 2.13. The maximum atomic E-state index is 10.3. The quantitative estimate of drug-likeness (QED) is 0.892.